The van der Waals surface area contributed by atoms with E-state index in [1.54, 1.807) is 54.3 Å². The number of nitrogens with zero attached hydrogens (tertiary/aromatic N) is 1. The van der Waals surface area contributed by atoms with Crippen LogP contribution in [0.25, 0.3) is 11.1 Å². The van der Waals surface area contributed by atoms with Crippen molar-refractivity contribution in [3.05, 3.63) is 84.3 Å². The topological polar surface area (TPSA) is 85.5 Å². The first-order valence-electron chi connectivity index (χ1n) is 9.48. The zero-order chi connectivity index (χ0) is 20.9. The Hall–Kier alpha value is -4.00. The number of aromatic nitrogens is 1. The van der Waals surface area contributed by atoms with Gasteiger partial charge in [-0.2, -0.15) is 0 Å². The van der Waals surface area contributed by atoms with Crippen LogP contribution in [0, 0.1) is 0 Å². The summed E-state index contributed by atoms with van der Waals surface area (Å²) >= 11 is 0. The maximum absolute atomic E-state index is 12.4. The molecule has 0 spiro atoms. The Morgan fingerprint density at radius 3 is 2.53 bits per heavy atom. The van der Waals surface area contributed by atoms with E-state index in [2.05, 4.69) is 10.6 Å². The summed E-state index contributed by atoms with van der Waals surface area (Å²) in [6.07, 6.45) is 1.57. The summed E-state index contributed by atoms with van der Waals surface area (Å²) in [6.45, 7) is 0.333. The van der Waals surface area contributed by atoms with Crippen LogP contribution >= 0.6 is 0 Å². The van der Waals surface area contributed by atoms with Crippen molar-refractivity contribution in [1.29, 1.82) is 0 Å². The SMILES string of the molecule is Cn1c(C(=O)NCC(=O)Nc2ccc(OCc3ccccc3)cc2)cc2occc21. The summed E-state index contributed by atoms with van der Waals surface area (Å²) < 4.78 is 12.7. The Morgan fingerprint density at radius 2 is 1.80 bits per heavy atom. The number of fused-ring (bicyclic) bond motifs is 1. The number of hydrogen-bond acceptors (Lipinski definition) is 4. The van der Waals surface area contributed by atoms with Crippen LogP contribution in [0.2, 0.25) is 0 Å². The maximum atomic E-state index is 12.4. The molecule has 0 aliphatic heterocycles. The number of nitrogens with one attached hydrogen (secondary N) is 2. The molecule has 7 heteroatoms. The predicted octanol–water partition coefficient (Wildman–Crippen LogP) is 3.72. The first-order valence-corrected chi connectivity index (χ1v) is 9.48. The molecule has 4 rings (SSSR count). The first kappa shape index (κ1) is 19.3. The van der Waals surface area contributed by atoms with Crippen molar-refractivity contribution in [2.45, 2.75) is 6.61 Å². The highest BCUT2D eigenvalue weighted by molar-refractivity contribution is 6.00. The van der Waals surface area contributed by atoms with Crippen molar-refractivity contribution < 1.29 is 18.7 Å². The van der Waals surface area contributed by atoms with Gasteiger partial charge in [-0.3, -0.25) is 9.59 Å². The van der Waals surface area contributed by atoms with Gasteiger partial charge in [0.1, 0.15) is 18.1 Å². The van der Waals surface area contributed by atoms with E-state index in [4.69, 9.17) is 9.15 Å². The number of carbonyl (C=O) groups excluding carboxylic acids is 2. The number of furan rings is 1. The van der Waals surface area contributed by atoms with Crippen molar-refractivity contribution in [2.24, 2.45) is 7.05 Å². The van der Waals surface area contributed by atoms with E-state index >= 15 is 0 Å². The summed E-state index contributed by atoms with van der Waals surface area (Å²) in [5.41, 5.74) is 3.58. The molecule has 2 heterocycles. The van der Waals surface area contributed by atoms with Crippen molar-refractivity contribution in [3.8, 4) is 5.75 Å². The number of benzene rings is 2. The van der Waals surface area contributed by atoms with E-state index in [0.29, 0.717) is 29.3 Å². The fraction of sp³-hybridized carbons (Fsp3) is 0.130. The van der Waals surface area contributed by atoms with Crippen LogP contribution < -0.4 is 15.4 Å². The molecule has 2 amide bonds. The molecule has 0 fully saturated rings. The highest BCUT2D eigenvalue weighted by Crippen LogP contribution is 2.19. The number of rotatable bonds is 7. The average molecular weight is 403 g/mol. The highest BCUT2D eigenvalue weighted by Gasteiger charge is 2.15. The molecule has 0 radical (unpaired) electrons. The van der Waals surface area contributed by atoms with Crippen LogP contribution in [-0.4, -0.2) is 22.9 Å². The third kappa shape index (κ3) is 4.35. The molecule has 2 aromatic heterocycles. The highest BCUT2D eigenvalue weighted by atomic mass is 16.5. The van der Waals surface area contributed by atoms with Crippen LogP contribution in [0.15, 0.2) is 77.4 Å². The molecular formula is C23H21N3O4. The number of amides is 2. The molecule has 0 saturated carbocycles. The van der Waals surface area contributed by atoms with Gasteiger partial charge in [-0.25, -0.2) is 0 Å². The lowest BCUT2D eigenvalue weighted by Crippen LogP contribution is -2.33. The van der Waals surface area contributed by atoms with Gasteiger partial charge in [-0.1, -0.05) is 30.3 Å². The molecule has 0 aliphatic carbocycles. The Balaban J connectivity index is 1.27. The molecule has 30 heavy (non-hydrogen) atoms. The molecule has 7 nitrogen and oxygen atoms in total. The monoisotopic (exact) mass is 403 g/mol. The second-order valence-electron chi connectivity index (χ2n) is 6.79. The Kier molecular flexibility index (Phi) is 5.52. The molecule has 152 valence electrons. The van der Waals surface area contributed by atoms with Crippen LogP contribution in [0.3, 0.4) is 0 Å². The molecule has 2 aromatic carbocycles. The third-order valence-electron chi connectivity index (χ3n) is 4.69. The Bertz CT molecular complexity index is 1160. The Labute approximate surface area is 173 Å². The fourth-order valence-electron chi connectivity index (χ4n) is 3.10. The third-order valence-corrected chi connectivity index (χ3v) is 4.69. The van der Waals surface area contributed by atoms with Crippen LogP contribution in [0.4, 0.5) is 5.69 Å². The minimum atomic E-state index is -0.344. The van der Waals surface area contributed by atoms with Crippen molar-refractivity contribution in [1.82, 2.24) is 9.88 Å². The summed E-state index contributed by atoms with van der Waals surface area (Å²) in [7, 11) is 1.77. The Morgan fingerprint density at radius 1 is 1.03 bits per heavy atom. The maximum Gasteiger partial charge on any atom is 0.268 e. The van der Waals surface area contributed by atoms with Crippen LogP contribution in [-0.2, 0) is 18.4 Å². The molecule has 0 bridgehead atoms. The molecule has 0 aliphatic rings. The van der Waals surface area contributed by atoms with Crippen LogP contribution in [0.1, 0.15) is 16.1 Å². The number of anilines is 1. The van der Waals surface area contributed by atoms with Crippen molar-refractivity contribution in [2.75, 3.05) is 11.9 Å². The van der Waals surface area contributed by atoms with E-state index in [-0.39, 0.29) is 18.4 Å². The fourth-order valence-corrected chi connectivity index (χ4v) is 3.10. The van der Waals surface area contributed by atoms with Crippen LogP contribution in [0.5, 0.6) is 5.75 Å². The van der Waals surface area contributed by atoms with Gasteiger partial charge in [0.15, 0.2) is 5.58 Å². The molecule has 0 atom stereocenters. The van der Waals surface area contributed by atoms with Gasteiger partial charge < -0.3 is 24.4 Å². The van der Waals surface area contributed by atoms with E-state index in [0.717, 1.165) is 11.1 Å². The van der Waals surface area contributed by atoms with Crippen molar-refractivity contribution >= 4 is 28.6 Å². The lowest BCUT2D eigenvalue weighted by molar-refractivity contribution is -0.115. The molecule has 0 unspecified atom stereocenters. The number of aryl methyl sites for hydroxylation is 1. The van der Waals surface area contributed by atoms with E-state index < -0.39 is 0 Å². The zero-order valence-electron chi connectivity index (χ0n) is 16.4. The van der Waals surface area contributed by atoms with Gasteiger partial charge in [0.05, 0.1) is 18.3 Å². The number of ether oxygens (including phenoxy) is 1. The predicted molar refractivity (Wildman–Crippen MR) is 113 cm³/mol. The standard InChI is InChI=1S/C23H21N3O4/c1-26-19-11-12-29-21(19)13-20(26)23(28)24-14-22(27)25-17-7-9-18(10-8-17)30-15-16-5-3-2-4-6-16/h2-13H,14-15H2,1H3,(H,24,28)(H,25,27). The molecule has 2 N–H and O–H groups in total. The smallest absolute Gasteiger partial charge is 0.268 e. The van der Waals surface area contributed by atoms with E-state index in [9.17, 15) is 9.59 Å². The minimum absolute atomic E-state index is 0.141. The van der Waals surface area contributed by atoms with Crippen molar-refractivity contribution in [3.63, 3.8) is 0 Å². The number of carbonyl (C=O) groups is 2. The number of hydrogen-bond donors (Lipinski definition) is 2. The summed E-state index contributed by atoms with van der Waals surface area (Å²) in [5.74, 6) is 0.0427. The second kappa shape index (κ2) is 8.57. The van der Waals surface area contributed by atoms with Gasteiger partial charge in [0, 0.05) is 24.9 Å². The van der Waals surface area contributed by atoms with Gasteiger partial charge in [0.25, 0.3) is 5.91 Å². The van der Waals surface area contributed by atoms with Gasteiger partial charge >= 0.3 is 0 Å². The van der Waals surface area contributed by atoms with Gasteiger partial charge in [0.2, 0.25) is 5.91 Å². The first-order chi connectivity index (χ1) is 14.6. The van der Waals surface area contributed by atoms with E-state index in [1.807, 2.05) is 30.3 Å². The molecule has 0 saturated heterocycles. The van der Waals surface area contributed by atoms with Gasteiger partial charge in [-0.05, 0) is 29.8 Å². The summed E-state index contributed by atoms with van der Waals surface area (Å²) in [6, 6.07) is 20.4. The summed E-state index contributed by atoms with van der Waals surface area (Å²) in [4.78, 5) is 24.5. The molecule has 4 aromatic rings. The van der Waals surface area contributed by atoms with Gasteiger partial charge in [-0.15, -0.1) is 0 Å². The largest absolute Gasteiger partial charge is 0.489 e. The quantitative estimate of drug-likeness (QED) is 0.493. The zero-order valence-corrected chi connectivity index (χ0v) is 16.4. The second-order valence-corrected chi connectivity index (χ2v) is 6.79. The molecular weight excluding hydrogens is 382 g/mol. The average Bonchev–Trinajstić information content (AvgIpc) is 3.35. The summed E-state index contributed by atoms with van der Waals surface area (Å²) in [5, 5.41) is 5.37. The normalized spacial score (nSPS) is 10.7. The lowest BCUT2D eigenvalue weighted by Gasteiger charge is -2.09. The van der Waals surface area contributed by atoms with E-state index in [1.165, 1.54) is 0 Å². The minimum Gasteiger partial charge on any atom is -0.489 e. The lowest BCUT2D eigenvalue weighted by atomic mass is 10.2.